The number of carbonyl (C=O) groups is 1. The highest BCUT2D eigenvalue weighted by molar-refractivity contribution is 5.78. The Morgan fingerprint density at radius 3 is 2.56 bits per heavy atom. The van der Waals surface area contributed by atoms with Crippen LogP contribution < -0.4 is 10.6 Å². The van der Waals surface area contributed by atoms with Crippen molar-refractivity contribution in [3.63, 3.8) is 0 Å². The van der Waals surface area contributed by atoms with Gasteiger partial charge in [-0.3, -0.25) is 9.69 Å². The van der Waals surface area contributed by atoms with Gasteiger partial charge in [0.25, 0.3) is 0 Å². The second kappa shape index (κ2) is 6.83. The van der Waals surface area contributed by atoms with Crippen molar-refractivity contribution in [1.29, 1.82) is 0 Å². The van der Waals surface area contributed by atoms with E-state index in [1.807, 2.05) is 13.8 Å². The van der Waals surface area contributed by atoms with Crippen LogP contribution in [0.25, 0.3) is 0 Å². The third-order valence-corrected chi connectivity index (χ3v) is 2.92. The lowest BCUT2D eigenvalue weighted by molar-refractivity contribution is -0.123. The molecular weight excluding hydrogens is 206 g/mol. The van der Waals surface area contributed by atoms with Crippen LogP contribution in [0.1, 0.15) is 13.8 Å². The molecule has 1 rings (SSSR count). The van der Waals surface area contributed by atoms with Crippen molar-refractivity contribution >= 4 is 5.91 Å². The summed E-state index contributed by atoms with van der Waals surface area (Å²) in [7, 11) is 0. The number of aliphatic hydroxyl groups excluding tert-OH is 1. The van der Waals surface area contributed by atoms with Crippen LogP contribution >= 0.6 is 0 Å². The second-order valence-corrected chi connectivity index (χ2v) is 4.63. The molecule has 5 nitrogen and oxygen atoms in total. The predicted octanol–water partition coefficient (Wildman–Crippen LogP) is -0.975. The summed E-state index contributed by atoms with van der Waals surface area (Å²) in [5, 5.41) is 15.2. The fourth-order valence-corrected chi connectivity index (χ4v) is 1.75. The molecule has 1 saturated heterocycles. The Kier molecular flexibility index (Phi) is 5.73. The van der Waals surface area contributed by atoms with Gasteiger partial charge in [0, 0.05) is 26.2 Å². The molecule has 0 aromatic carbocycles. The molecule has 1 unspecified atom stereocenters. The first-order valence-corrected chi connectivity index (χ1v) is 5.96. The lowest BCUT2D eigenvalue weighted by Crippen LogP contribution is -2.50. The second-order valence-electron chi connectivity index (χ2n) is 4.63. The van der Waals surface area contributed by atoms with Crippen molar-refractivity contribution in [1.82, 2.24) is 15.5 Å². The van der Waals surface area contributed by atoms with Gasteiger partial charge in [-0.2, -0.15) is 0 Å². The van der Waals surface area contributed by atoms with Crippen LogP contribution in [0.5, 0.6) is 0 Å². The Balaban J connectivity index is 2.28. The molecule has 1 amide bonds. The van der Waals surface area contributed by atoms with Crippen molar-refractivity contribution in [2.75, 3.05) is 39.3 Å². The Labute approximate surface area is 97.2 Å². The van der Waals surface area contributed by atoms with Crippen molar-refractivity contribution < 1.29 is 9.90 Å². The van der Waals surface area contributed by atoms with E-state index in [1.165, 1.54) is 0 Å². The minimum Gasteiger partial charge on any atom is -0.394 e. The minimum atomic E-state index is -0.129. The van der Waals surface area contributed by atoms with Gasteiger partial charge in [-0.15, -0.1) is 0 Å². The highest BCUT2D eigenvalue weighted by atomic mass is 16.3. The van der Waals surface area contributed by atoms with E-state index >= 15 is 0 Å². The first-order valence-electron chi connectivity index (χ1n) is 5.96. The molecule has 94 valence electrons. The first-order chi connectivity index (χ1) is 7.63. The normalized spacial score (nSPS) is 19.8. The van der Waals surface area contributed by atoms with Crippen molar-refractivity contribution in [3.8, 4) is 0 Å². The lowest BCUT2D eigenvalue weighted by Gasteiger charge is -2.28. The predicted molar refractivity (Wildman–Crippen MR) is 63.2 cm³/mol. The SMILES string of the molecule is CC(C)C(CO)NC(=O)CN1CCNCC1. The number of hydrogen-bond donors (Lipinski definition) is 3. The molecule has 16 heavy (non-hydrogen) atoms. The molecule has 1 fully saturated rings. The van der Waals surface area contributed by atoms with Gasteiger partial charge in [0.05, 0.1) is 19.2 Å². The first kappa shape index (κ1) is 13.4. The molecule has 0 saturated carbocycles. The minimum absolute atomic E-state index is 0.00492. The number of nitrogens with zero attached hydrogens (tertiary/aromatic N) is 1. The lowest BCUT2D eigenvalue weighted by atomic mass is 10.1. The van der Waals surface area contributed by atoms with Gasteiger partial charge < -0.3 is 15.7 Å². The van der Waals surface area contributed by atoms with Crippen LogP contribution in [-0.4, -0.2) is 61.3 Å². The van der Waals surface area contributed by atoms with E-state index in [2.05, 4.69) is 15.5 Å². The monoisotopic (exact) mass is 229 g/mol. The molecule has 0 aromatic heterocycles. The largest absolute Gasteiger partial charge is 0.394 e. The highest BCUT2D eigenvalue weighted by Gasteiger charge is 2.18. The van der Waals surface area contributed by atoms with Gasteiger partial charge in [0.1, 0.15) is 0 Å². The summed E-state index contributed by atoms with van der Waals surface area (Å²) in [6, 6.07) is -0.129. The third-order valence-electron chi connectivity index (χ3n) is 2.92. The average molecular weight is 229 g/mol. The van der Waals surface area contributed by atoms with Gasteiger partial charge >= 0.3 is 0 Å². The van der Waals surface area contributed by atoms with Gasteiger partial charge in [-0.1, -0.05) is 13.8 Å². The molecule has 0 aliphatic carbocycles. The van der Waals surface area contributed by atoms with Gasteiger partial charge in [-0.25, -0.2) is 0 Å². The summed E-state index contributed by atoms with van der Waals surface area (Å²) in [6.07, 6.45) is 0. The fourth-order valence-electron chi connectivity index (χ4n) is 1.75. The molecule has 3 N–H and O–H groups in total. The van der Waals surface area contributed by atoms with Crippen LogP contribution in [0.15, 0.2) is 0 Å². The summed E-state index contributed by atoms with van der Waals surface area (Å²) in [5.41, 5.74) is 0. The topological polar surface area (TPSA) is 64.6 Å². The standard InChI is InChI=1S/C11H23N3O2/c1-9(2)10(8-15)13-11(16)7-14-5-3-12-4-6-14/h9-10,12,15H,3-8H2,1-2H3,(H,13,16). The molecule has 1 atom stereocenters. The van der Waals surface area contributed by atoms with Gasteiger partial charge in [0.2, 0.25) is 5.91 Å². The maximum atomic E-state index is 11.7. The zero-order valence-electron chi connectivity index (χ0n) is 10.2. The van der Waals surface area contributed by atoms with Crippen LogP contribution in [0.2, 0.25) is 0 Å². The molecule has 5 heteroatoms. The van der Waals surface area contributed by atoms with E-state index in [-0.39, 0.29) is 24.5 Å². The van der Waals surface area contributed by atoms with E-state index in [0.717, 1.165) is 26.2 Å². The van der Waals surface area contributed by atoms with Gasteiger partial charge in [0.15, 0.2) is 0 Å². The molecule has 0 spiro atoms. The number of rotatable bonds is 5. The summed E-state index contributed by atoms with van der Waals surface area (Å²) in [5.74, 6) is 0.270. The van der Waals surface area contributed by atoms with Crippen LogP contribution in [0.3, 0.4) is 0 Å². The van der Waals surface area contributed by atoms with E-state index in [1.54, 1.807) is 0 Å². The van der Waals surface area contributed by atoms with Crippen molar-refractivity contribution in [2.24, 2.45) is 5.92 Å². The van der Waals surface area contributed by atoms with E-state index in [9.17, 15) is 4.79 Å². The third kappa shape index (κ3) is 4.47. The molecule has 0 bridgehead atoms. The van der Waals surface area contributed by atoms with E-state index in [0.29, 0.717) is 6.54 Å². The summed E-state index contributed by atoms with van der Waals surface area (Å²) >= 11 is 0. The zero-order chi connectivity index (χ0) is 12.0. The number of carbonyl (C=O) groups excluding carboxylic acids is 1. The number of nitrogens with one attached hydrogen (secondary N) is 2. The molecule has 0 aromatic rings. The fraction of sp³-hybridized carbons (Fsp3) is 0.909. The molecule has 0 radical (unpaired) electrons. The van der Waals surface area contributed by atoms with E-state index < -0.39 is 0 Å². The van der Waals surface area contributed by atoms with E-state index in [4.69, 9.17) is 5.11 Å². The molecule has 1 aliphatic heterocycles. The maximum Gasteiger partial charge on any atom is 0.234 e. The molecule has 1 heterocycles. The summed E-state index contributed by atoms with van der Waals surface area (Å²) < 4.78 is 0. The Morgan fingerprint density at radius 2 is 2.06 bits per heavy atom. The average Bonchev–Trinajstić information content (AvgIpc) is 2.27. The smallest absolute Gasteiger partial charge is 0.234 e. The number of aliphatic hydroxyl groups is 1. The molecular formula is C11H23N3O2. The van der Waals surface area contributed by atoms with Gasteiger partial charge in [-0.05, 0) is 5.92 Å². The molecule has 1 aliphatic rings. The Hall–Kier alpha value is -0.650. The maximum absolute atomic E-state index is 11.7. The quantitative estimate of drug-likeness (QED) is 0.567. The van der Waals surface area contributed by atoms with Crippen LogP contribution in [-0.2, 0) is 4.79 Å². The Bertz CT molecular complexity index is 215. The zero-order valence-corrected chi connectivity index (χ0v) is 10.2. The summed E-state index contributed by atoms with van der Waals surface area (Å²) in [6.45, 7) is 8.15. The van der Waals surface area contributed by atoms with Crippen molar-refractivity contribution in [3.05, 3.63) is 0 Å². The number of piperazine rings is 1. The summed E-state index contributed by atoms with van der Waals surface area (Å²) in [4.78, 5) is 13.8. The van der Waals surface area contributed by atoms with Crippen LogP contribution in [0, 0.1) is 5.92 Å². The van der Waals surface area contributed by atoms with Crippen LogP contribution in [0.4, 0.5) is 0 Å². The highest BCUT2D eigenvalue weighted by Crippen LogP contribution is 2.00. The Morgan fingerprint density at radius 1 is 1.44 bits per heavy atom. The number of amides is 1. The number of hydrogen-bond acceptors (Lipinski definition) is 4. The van der Waals surface area contributed by atoms with Crippen molar-refractivity contribution in [2.45, 2.75) is 19.9 Å².